The van der Waals surface area contributed by atoms with Crippen LogP contribution in [0, 0.1) is 0 Å². The van der Waals surface area contributed by atoms with Gasteiger partial charge in [0.05, 0.1) is 13.2 Å². The lowest BCUT2D eigenvalue weighted by Crippen LogP contribution is -2.42. The van der Waals surface area contributed by atoms with Crippen molar-refractivity contribution in [2.75, 3.05) is 19.8 Å². The molecule has 0 aliphatic carbocycles. The number of aromatic nitrogens is 1. The number of ether oxygens (including phenoxy) is 1. The lowest BCUT2D eigenvalue weighted by atomic mass is 10.0. The molecule has 0 amide bonds. The molecule has 2 heterocycles. The van der Waals surface area contributed by atoms with Crippen molar-refractivity contribution in [1.29, 1.82) is 0 Å². The van der Waals surface area contributed by atoms with Crippen LogP contribution in [0.2, 0.25) is 0 Å². The third-order valence-electron chi connectivity index (χ3n) is 3.09. The monoisotopic (exact) mass is 260 g/mol. The van der Waals surface area contributed by atoms with Crippen LogP contribution in [-0.4, -0.2) is 30.8 Å². The van der Waals surface area contributed by atoms with Crippen molar-refractivity contribution in [1.82, 2.24) is 10.3 Å². The standard InChI is InChI=1S/C14H16N2OS/c1-2-11(9-13-10-17-6-4-15-13)8-12(3-1)14-16-5-7-18-14/h1-3,5,7-8,13,15H,4,6,9-10H2. The van der Waals surface area contributed by atoms with Gasteiger partial charge < -0.3 is 10.1 Å². The SMILES string of the molecule is c1cc(CC2COCCN2)cc(-c2nccs2)c1. The molecule has 1 unspecified atom stereocenters. The quantitative estimate of drug-likeness (QED) is 0.920. The lowest BCUT2D eigenvalue weighted by molar-refractivity contribution is 0.0770. The molecule has 1 aliphatic heterocycles. The van der Waals surface area contributed by atoms with Crippen molar-refractivity contribution in [3.8, 4) is 10.6 Å². The van der Waals surface area contributed by atoms with Gasteiger partial charge in [0.25, 0.3) is 0 Å². The van der Waals surface area contributed by atoms with Crippen LogP contribution in [0.15, 0.2) is 35.8 Å². The molecule has 1 atom stereocenters. The van der Waals surface area contributed by atoms with E-state index in [2.05, 4.69) is 34.6 Å². The summed E-state index contributed by atoms with van der Waals surface area (Å²) in [4.78, 5) is 4.35. The minimum atomic E-state index is 0.435. The fourth-order valence-corrected chi connectivity index (χ4v) is 2.87. The van der Waals surface area contributed by atoms with Crippen LogP contribution < -0.4 is 5.32 Å². The Hall–Kier alpha value is -1.23. The van der Waals surface area contributed by atoms with Gasteiger partial charge in [0, 0.05) is 29.7 Å². The molecule has 0 saturated carbocycles. The summed E-state index contributed by atoms with van der Waals surface area (Å²) in [5, 5.41) is 6.58. The Morgan fingerprint density at radius 1 is 1.44 bits per heavy atom. The van der Waals surface area contributed by atoms with Crippen molar-refractivity contribution in [3.63, 3.8) is 0 Å². The third-order valence-corrected chi connectivity index (χ3v) is 3.91. The van der Waals surface area contributed by atoms with Crippen molar-refractivity contribution >= 4 is 11.3 Å². The summed E-state index contributed by atoms with van der Waals surface area (Å²) in [6, 6.07) is 9.07. The zero-order valence-corrected chi connectivity index (χ0v) is 11.0. The van der Waals surface area contributed by atoms with Crippen LogP contribution in [0.3, 0.4) is 0 Å². The summed E-state index contributed by atoms with van der Waals surface area (Å²) in [7, 11) is 0. The summed E-state index contributed by atoms with van der Waals surface area (Å²) < 4.78 is 5.48. The van der Waals surface area contributed by atoms with E-state index in [1.165, 1.54) is 11.1 Å². The highest BCUT2D eigenvalue weighted by atomic mass is 32.1. The van der Waals surface area contributed by atoms with Crippen LogP contribution >= 0.6 is 11.3 Å². The molecule has 0 spiro atoms. The van der Waals surface area contributed by atoms with Gasteiger partial charge in [-0.15, -0.1) is 11.3 Å². The number of hydrogen-bond donors (Lipinski definition) is 1. The number of nitrogens with one attached hydrogen (secondary N) is 1. The Balaban J connectivity index is 1.74. The largest absolute Gasteiger partial charge is 0.379 e. The first kappa shape index (κ1) is 11.8. The third kappa shape index (κ3) is 2.77. The molecule has 1 saturated heterocycles. The molecular weight excluding hydrogens is 244 g/mol. The Morgan fingerprint density at radius 2 is 2.44 bits per heavy atom. The first-order chi connectivity index (χ1) is 8.92. The van der Waals surface area contributed by atoms with E-state index in [-0.39, 0.29) is 0 Å². The van der Waals surface area contributed by atoms with E-state index in [9.17, 15) is 0 Å². The lowest BCUT2D eigenvalue weighted by Gasteiger charge is -2.23. The topological polar surface area (TPSA) is 34.1 Å². The van der Waals surface area contributed by atoms with Gasteiger partial charge in [0.2, 0.25) is 0 Å². The predicted molar refractivity (Wildman–Crippen MR) is 73.9 cm³/mol. The number of nitrogens with zero attached hydrogens (tertiary/aromatic N) is 1. The van der Waals surface area contributed by atoms with Gasteiger partial charge in [-0.1, -0.05) is 18.2 Å². The van der Waals surface area contributed by atoms with Crippen molar-refractivity contribution in [3.05, 3.63) is 41.4 Å². The Morgan fingerprint density at radius 3 is 3.22 bits per heavy atom. The molecule has 2 aromatic rings. The highest BCUT2D eigenvalue weighted by Crippen LogP contribution is 2.23. The summed E-state index contributed by atoms with van der Waals surface area (Å²) in [6.45, 7) is 2.59. The average molecular weight is 260 g/mol. The van der Waals surface area contributed by atoms with Gasteiger partial charge in [0.15, 0.2) is 0 Å². The van der Waals surface area contributed by atoms with Gasteiger partial charge in [-0.05, 0) is 18.1 Å². The fraction of sp³-hybridized carbons (Fsp3) is 0.357. The number of morpholine rings is 1. The van der Waals surface area contributed by atoms with Crippen LogP contribution in [0.25, 0.3) is 10.6 Å². The highest BCUT2D eigenvalue weighted by Gasteiger charge is 2.13. The molecule has 94 valence electrons. The number of thiazole rings is 1. The van der Waals surface area contributed by atoms with Crippen molar-refractivity contribution in [2.45, 2.75) is 12.5 Å². The zero-order valence-electron chi connectivity index (χ0n) is 10.1. The molecule has 1 N–H and O–H groups in total. The maximum Gasteiger partial charge on any atom is 0.123 e. The molecule has 3 nitrogen and oxygen atoms in total. The van der Waals surface area contributed by atoms with Crippen LogP contribution in [0.5, 0.6) is 0 Å². The number of hydrogen-bond acceptors (Lipinski definition) is 4. The summed E-state index contributed by atoms with van der Waals surface area (Å²) in [6.07, 6.45) is 2.86. The van der Waals surface area contributed by atoms with Gasteiger partial charge >= 0.3 is 0 Å². The minimum absolute atomic E-state index is 0.435. The van der Waals surface area contributed by atoms with Crippen molar-refractivity contribution < 1.29 is 4.74 Å². The van der Waals surface area contributed by atoms with E-state index in [0.717, 1.165) is 31.2 Å². The van der Waals surface area contributed by atoms with E-state index < -0.39 is 0 Å². The summed E-state index contributed by atoms with van der Waals surface area (Å²) in [5.74, 6) is 0. The molecular formula is C14H16N2OS. The second-order valence-electron chi connectivity index (χ2n) is 4.47. The molecule has 4 heteroatoms. The van der Waals surface area contributed by atoms with E-state index in [1.54, 1.807) is 11.3 Å². The fourth-order valence-electron chi connectivity index (χ4n) is 2.23. The minimum Gasteiger partial charge on any atom is -0.379 e. The predicted octanol–water partition coefficient (Wildman–Crippen LogP) is 2.34. The molecule has 1 aromatic carbocycles. The molecule has 0 radical (unpaired) electrons. The first-order valence-electron chi connectivity index (χ1n) is 6.22. The van der Waals surface area contributed by atoms with Gasteiger partial charge in [-0.25, -0.2) is 4.98 Å². The number of rotatable bonds is 3. The van der Waals surface area contributed by atoms with Crippen LogP contribution in [0.4, 0.5) is 0 Å². The van der Waals surface area contributed by atoms with Crippen molar-refractivity contribution in [2.24, 2.45) is 0 Å². The van der Waals surface area contributed by atoms with Gasteiger partial charge in [-0.3, -0.25) is 0 Å². The molecule has 0 bridgehead atoms. The van der Waals surface area contributed by atoms with Crippen LogP contribution in [0.1, 0.15) is 5.56 Å². The second-order valence-corrected chi connectivity index (χ2v) is 5.36. The first-order valence-corrected chi connectivity index (χ1v) is 7.10. The molecule has 1 fully saturated rings. The molecule has 1 aliphatic rings. The zero-order chi connectivity index (χ0) is 12.2. The van der Waals surface area contributed by atoms with E-state index in [0.29, 0.717) is 6.04 Å². The van der Waals surface area contributed by atoms with Crippen LogP contribution in [-0.2, 0) is 11.2 Å². The van der Waals surface area contributed by atoms with Gasteiger partial charge in [0.1, 0.15) is 5.01 Å². The van der Waals surface area contributed by atoms with Gasteiger partial charge in [-0.2, -0.15) is 0 Å². The maximum absolute atomic E-state index is 5.48. The summed E-state index contributed by atoms with van der Waals surface area (Å²) >= 11 is 1.68. The van der Waals surface area contributed by atoms with E-state index in [1.807, 2.05) is 11.6 Å². The Labute approximate surface area is 111 Å². The van der Waals surface area contributed by atoms with E-state index in [4.69, 9.17) is 4.74 Å². The summed E-state index contributed by atoms with van der Waals surface area (Å²) in [5.41, 5.74) is 2.55. The number of benzene rings is 1. The molecule has 3 rings (SSSR count). The molecule has 18 heavy (non-hydrogen) atoms. The average Bonchev–Trinajstić information content (AvgIpc) is 2.94. The highest BCUT2D eigenvalue weighted by molar-refractivity contribution is 7.13. The normalized spacial score (nSPS) is 19.9. The Bertz CT molecular complexity index is 492. The smallest absolute Gasteiger partial charge is 0.123 e. The maximum atomic E-state index is 5.48. The second kappa shape index (κ2) is 5.61. The van der Waals surface area contributed by atoms with E-state index >= 15 is 0 Å². The molecule has 1 aromatic heterocycles. The Kier molecular flexibility index (Phi) is 3.69.